The average Bonchev–Trinajstić information content (AvgIpc) is 3.64. The molecule has 0 spiro atoms. The van der Waals surface area contributed by atoms with Gasteiger partial charge in [-0.05, 0) is 105 Å². The Morgan fingerprint density at radius 3 is 2.56 bits per heavy atom. The highest BCUT2D eigenvalue weighted by atomic mass is 16.5. The highest BCUT2D eigenvalue weighted by Gasteiger charge is 2.43. The van der Waals surface area contributed by atoms with Gasteiger partial charge < -0.3 is 14.7 Å². The molecule has 5 heteroatoms. The molecule has 3 heterocycles. The summed E-state index contributed by atoms with van der Waals surface area (Å²) in [6, 6.07) is 15.3. The van der Waals surface area contributed by atoms with E-state index in [2.05, 4.69) is 40.1 Å². The average molecular weight is 489 g/mol. The van der Waals surface area contributed by atoms with Crippen molar-refractivity contribution in [3.63, 3.8) is 0 Å². The summed E-state index contributed by atoms with van der Waals surface area (Å²) < 4.78 is 6.28. The van der Waals surface area contributed by atoms with Crippen LogP contribution in [0, 0.1) is 5.92 Å². The zero-order chi connectivity index (χ0) is 24.5. The van der Waals surface area contributed by atoms with Crippen LogP contribution in [0.2, 0.25) is 0 Å². The SMILES string of the molecule is O=C(c1ccc2c(c1)Cc1cccc(c1)CN(CC1CC1)CCCCCO2)N1C2CCC1CC(O)C2. The second-order valence-corrected chi connectivity index (χ2v) is 11.6. The van der Waals surface area contributed by atoms with Crippen LogP contribution in [-0.2, 0) is 13.0 Å². The van der Waals surface area contributed by atoms with Gasteiger partial charge in [-0.3, -0.25) is 9.69 Å². The minimum atomic E-state index is -0.266. The van der Waals surface area contributed by atoms with Gasteiger partial charge in [0.25, 0.3) is 5.91 Å². The van der Waals surface area contributed by atoms with Crippen LogP contribution >= 0.6 is 0 Å². The summed E-state index contributed by atoms with van der Waals surface area (Å²) in [6.45, 7) is 4.13. The van der Waals surface area contributed by atoms with Crippen molar-refractivity contribution in [1.82, 2.24) is 9.80 Å². The van der Waals surface area contributed by atoms with E-state index in [0.29, 0.717) is 12.8 Å². The van der Waals surface area contributed by atoms with Gasteiger partial charge in [0.1, 0.15) is 5.75 Å². The molecule has 192 valence electrons. The van der Waals surface area contributed by atoms with Crippen molar-refractivity contribution in [2.24, 2.45) is 5.92 Å². The van der Waals surface area contributed by atoms with Crippen molar-refractivity contribution >= 4 is 5.91 Å². The zero-order valence-corrected chi connectivity index (χ0v) is 21.4. The number of aliphatic hydroxyl groups is 1. The molecule has 4 bridgehead atoms. The summed E-state index contributed by atoms with van der Waals surface area (Å²) in [4.78, 5) is 18.3. The van der Waals surface area contributed by atoms with E-state index < -0.39 is 0 Å². The molecule has 2 aromatic carbocycles. The van der Waals surface area contributed by atoms with E-state index >= 15 is 0 Å². The minimum Gasteiger partial charge on any atom is -0.493 e. The molecule has 1 aliphatic carbocycles. The van der Waals surface area contributed by atoms with Crippen LogP contribution in [0.5, 0.6) is 5.75 Å². The molecule has 2 aromatic rings. The molecule has 1 N–H and O–H groups in total. The molecule has 2 atom stereocenters. The zero-order valence-electron chi connectivity index (χ0n) is 21.4. The van der Waals surface area contributed by atoms with E-state index in [1.54, 1.807) is 0 Å². The summed E-state index contributed by atoms with van der Waals surface area (Å²) >= 11 is 0. The molecule has 1 saturated carbocycles. The van der Waals surface area contributed by atoms with Crippen molar-refractivity contribution in [1.29, 1.82) is 0 Å². The molecule has 3 aliphatic heterocycles. The van der Waals surface area contributed by atoms with Crippen molar-refractivity contribution in [2.45, 2.75) is 88.9 Å². The highest BCUT2D eigenvalue weighted by Crippen LogP contribution is 2.37. The Hall–Kier alpha value is -2.37. The van der Waals surface area contributed by atoms with Gasteiger partial charge in [0.15, 0.2) is 0 Å². The number of carbonyl (C=O) groups excluding carboxylic acids is 1. The number of hydrogen-bond donors (Lipinski definition) is 1. The Bertz CT molecular complexity index is 1070. The predicted molar refractivity (Wildman–Crippen MR) is 141 cm³/mol. The van der Waals surface area contributed by atoms with E-state index in [1.165, 1.54) is 43.4 Å². The fourth-order valence-corrected chi connectivity index (χ4v) is 6.63. The van der Waals surface area contributed by atoms with Gasteiger partial charge in [-0.2, -0.15) is 0 Å². The lowest BCUT2D eigenvalue weighted by Crippen LogP contribution is -2.48. The normalized spacial score (nSPS) is 27.1. The number of carbonyl (C=O) groups is 1. The summed E-state index contributed by atoms with van der Waals surface area (Å²) in [5.74, 6) is 1.92. The number of aliphatic hydroxyl groups excluding tert-OH is 1. The molecule has 3 fully saturated rings. The second kappa shape index (κ2) is 10.5. The first-order valence-electron chi connectivity index (χ1n) is 14.2. The predicted octanol–water partition coefficient (Wildman–Crippen LogP) is 5.18. The third-order valence-corrected chi connectivity index (χ3v) is 8.63. The number of ether oxygens (including phenoxy) is 1. The largest absolute Gasteiger partial charge is 0.493 e. The first-order valence-corrected chi connectivity index (χ1v) is 14.2. The Labute approximate surface area is 215 Å². The van der Waals surface area contributed by atoms with E-state index in [1.807, 2.05) is 12.1 Å². The van der Waals surface area contributed by atoms with Gasteiger partial charge in [0, 0.05) is 37.2 Å². The number of benzene rings is 2. The molecule has 6 rings (SSSR count). The van der Waals surface area contributed by atoms with E-state index in [9.17, 15) is 9.90 Å². The maximum Gasteiger partial charge on any atom is 0.254 e. The molecule has 5 nitrogen and oxygen atoms in total. The lowest BCUT2D eigenvalue weighted by molar-refractivity contribution is 0.0287. The summed E-state index contributed by atoms with van der Waals surface area (Å²) in [5, 5.41) is 10.2. The van der Waals surface area contributed by atoms with E-state index in [4.69, 9.17) is 4.74 Å². The number of hydrogen-bond acceptors (Lipinski definition) is 4. The van der Waals surface area contributed by atoms with Crippen molar-refractivity contribution < 1.29 is 14.6 Å². The Kier molecular flexibility index (Phi) is 7.03. The molecule has 1 amide bonds. The van der Waals surface area contributed by atoms with Crippen LogP contribution in [0.25, 0.3) is 0 Å². The Balaban J connectivity index is 1.25. The quantitative estimate of drug-likeness (QED) is 0.647. The van der Waals surface area contributed by atoms with Gasteiger partial charge in [0.2, 0.25) is 0 Å². The lowest BCUT2D eigenvalue weighted by atomic mass is 9.96. The van der Waals surface area contributed by atoms with Crippen molar-refractivity contribution in [3.05, 3.63) is 64.7 Å². The maximum atomic E-state index is 13.6. The van der Waals surface area contributed by atoms with Gasteiger partial charge >= 0.3 is 0 Å². The number of fused-ring (bicyclic) bond motifs is 5. The van der Waals surface area contributed by atoms with Crippen LogP contribution in [-0.4, -0.2) is 58.7 Å². The van der Waals surface area contributed by atoms with Crippen LogP contribution in [0.4, 0.5) is 0 Å². The van der Waals surface area contributed by atoms with E-state index in [0.717, 1.165) is 68.2 Å². The first-order chi connectivity index (χ1) is 17.6. The molecule has 0 aromatic heterocycles. The molecule has 2 unspecified atom stereocenters. The molecule has 2 saturated heterocycles. The first kappa shape index (κ1) is 24.0. The number of piperidine rings is 1. The monoisotopic (exact) mass is 488 g/mol. The van der Waals surface area contributed by atoms with Gasteiger partial charge in [0.05, 0.1) is 12.7 Å². The third-order valence-electron chi connectivity index (χ3n) is 8.63. The van der Waals surface area contributed by atoms with Crippen molar-refractivity contribution in [3.8, 4) is 5.75 Å². The lowest BCUT2D eigenvalue weighted by Gasteiger charge is -2.37. The number of amides is 1. The second-order valence-electron chi connectivity index (χ2n) is 11.6. The number of nitrogens with zero attached hydrogens (tertiary/aromatic N) is 2. The number of rotatable bonds is 3. The molecule has 36 heavy (non-hydrogen) atoms. The summed E-state index contributed by atoms with van der Waals surface area (Å²) in [5.41, 5.74) is 4.49. The van der Waals surface area contributed by atoms with Crippen LogP contribution < -0.4 is 4.74 Å². The van der Waals surface area contributed by atoms with Gasteiger partial charge in [-0.25, -0.2) is 0 Å². The smallest absolute Gasteiger partial charge is 0.254 e. The fourth-order valence-electron chi connectivity index (χ4n) is 6.63. The molecule has 0 radical (unpaired) electrons. The minimum absolute atomic E-state index is 0.112. The molecular weight excluding hydrogens is 448 g/mol. The highest BCUT2D eigenvalue weighted by molar-refractivity contribution is 5.95. The third kappa shape index (κ3) is 5.47. The van der Waals surface area contributed by atoms with Crippen LogP contribution in [0.15, 0.2) is 42.5 Å². The van der Waals surface area contributed by atoms with Crippen LogP contribution in [0.1, 0.15) is 84.8 Å². The van der Waals surface area contributed by atoms with Gasteiger partial charge in [-0.1, -0.05) is 24.3 Å². The topological polar surface area (TPSA) is 53.0 Å². The maximum absolute atomic E-state index is 13.6. The van der Waals surface area contributed by atoms with E-state index in [-0.39, 0.29) is 24.1 Å². The van der Waals surface area contributed by atoms with Gasteiger partial charge in [-0.15, -0.1) is 0 Å². The summed E-state index contributed by atoms with van der Waals surface area (Å²) in [6.07, 6.45) is 10.2. The Morgan fingerprint density at radius 1 is 0.944 bits per heavy atom. The molecular formula is C31H40N2O3. The van der Waals surface area contributed by atoms with Crippen LogP contribution in [0.3, 0.4) is 0 Å². The standard InChI is InChI=1S/C31H40N2O3/c34-29-18-27-10-11-28(19-29)33(27)31(35)25-9-12-30-26(17-25)16-23-5-4-6-24(15-23)21-32(20-22-7-8-22)13-2-1-3-14-36-30/h4-6,9,12,15,17,22,27-29,34H,1-3,7-8,10-11,13-14,16,18-21H2. The molecule has 4 aliphatic rings. The Morgan fingerprint density at radius 2 is 1.75 bits per heavy atom. The summed E-state index contributed by atoms with van der Waals surface area (Å²) in [7, 11) is 0. The fraction of sp³-hybridized carbons (Fsp3) is 0.581. The van der Waals surface area contributed by atoms with Crippen molar-refractivity contribution in [2.75, 3.05) is 19.7 Å².